The summed E-state index contributed by atoms with van der Waals surface area (Å²) in [6, 6.07) is 20.9. The van der Waals surface area contributed by atoms with Gasteiger partial charge in [0.1, 0.15) is 5.75 Å². The van der Waals surface area contributed by atoms with E-state index in [9.17, 15) is 9.59 Å². The van der Waals surface area contributed by atoms with Crippen LogP contribution in [0.3, 0.4) is 0 Å². The van der Waals surface area contributed by atoms with Gasteiger partial charge >= 0.3 is 0 Å². The van der Waals surface area contributed by atoms with Crippen LogP contribution in [0, 0.1) is 20.8 Å². The summed E-state index contributed by atoms with van der Waals surface area (Å²) < 4.78 is 6.29. The van der Waals surface area contributed by atoms with Crippen LogP contribution in [0.25, 0.3) is 6.08 Å². The van der Waals surface area contributed by atoms with Gasteiger partial charge in [-0.3, -0.25) is 14.5 Å². The molecule has 0 atom stereocenters. The first-order chi connectivity index (χ1) is 16.3. The highest BCUT2D eigenvalue weighted by Gasteiger charge is 2.33. The summed E-state index contributed by atoms with van der Waals surface area (Å²) in [4.78, 5) is 27.6. The van der Waals surface area contributed by atoms with E-state index in [1.165, 1.54) is 16.7 Å². The lowest BCUT2D eigenvalue weighted by atomic mass is 10.1. The van der Waals surface area contributed by atoms with Crippen molar-refractivity contribution < 1.29 is 14.3 Å². The molecule has 7 heteroatoms. The minimum Gasteiger partial charge on any atom is -0.483 e. The van der Waals surface area contributed by atoms with E-state index >= 15 is 0 Å². The summed E-state index contributed by atoms with van der Waals surface area (Å²) >= 11 is 6.72. The second kappa shape index (κ2) is 10.2. The third-order valence-corrected chi connectivity index (χ3v) is 6.62. The summed E-state index contributed by atoms with van der Waals surface area (Å²) in [6.07, 6.45) is 1.76. The zero-order valence-corrected chi connectivity index (χ0v) is 20.8. The first kappa shape index (κ1) is 23.7. The molecule has 3 aromatic carbocycles. The van der Waals surface area contributed by atoms with Crippen molar-refractivity contribution in [3.8, 4) is 5.75 Å². The average molecular weight is 489 g/mol. The molecule has 1 fully saturated rings. The number of benzene rings is 3. The van der Waals surface area contributed by atoms with Crippen LogP contribution in [0.15, 0.2) is 71.6 Å². The number of hydrogen-bond acceptors (Lipinski definition) is 5. The fourth-order valence-corrected chi connectivity index (χ4v) is 4.75. The van der Waals surface area contributed by atoms with Gasteiger partial charge in [-0.1, -0.05) is 72.0 Å². The van der Waals surface area contributed by atoms with E-state index in [1.807, 2.05) is 81.4 Å². The van der Waals surface area contributed by atoms with E-state index in [4.69, 9.17) is 17.0 Å². The molecule has 4 rings (SSSR count). The van der Waals surface area contributed by atoms with E-state index < -0.39 is 0 Å². The van der Waals surface area contributed by atoms with Crippen LogP contribution in [0.4, 0.5) is 11.4 Å². The van der Waals surface area contributed by atoms with E-state index in [-0.39, 0.29) is 18.4 Å². The number of thioether (sulfide) groups is 1. The smallest absolute Gasteiger partial charge is 0.270 e. The number of nitrogens with zero attached hydrogens (tertiary/aromatic N) is 1. The SMILES string of the molecule is Cc1ccc(N2C(=O)/C(=C/c3ccccc3OCC(=O)Nc3cc(C)ccc3C)SC2=S)cc1. The third-order valence-electron chi connectivity index (χ3n) is 5.32. The van der Waals surface area contributed by atoms with Crippen molar-refractivity contribution in [3.63, 3.8) is 0 Å². The van der Waals surface area contributed by atoms with Crippen molar-refractivity contribution in [2.24, 2.45) is 0 Å². The Bertz CT molecular complexity index is 1300. The van der Waals surface area contributed by atoms with E-state index in [2.05, 4.69) is 5.32 Å². The number of amides is 2. The standard InChI is InChI=1S/C27H24N2O3S2/c1-17-9-12-21(13-10-17)29-26(31)24(34-27(29)33)15-20-6-4-5-7-23(20)32-16-25(30)28-22-14-18(2)8-11-19(22)3/h4-15H,16H2,1-3H3,(H,28,30)/b24-15-. The van der Waals surface area contributed by atoms with Crippen LogP contribution in [0.2, 0.25) is 0 Å². The van der Waals surface area contributed by atoms with Crippen LogP contribution < -0.4 is 15.0 Å². The van der Waals surface area contributed by atoms with Gasteiger partial charge in [0.2, 0.25) is 0 Å². The van der Waals surface area contributed by atoms with Gasteiger partial charge in [-0.15, -0.1) is 0 Å². The van der Waals surface area contributed by atoms with Gasteiger partial charge in [-0.2, -0.15) is 0 Å². The number of para-hydroxylation sites is 1. The van der Waals surface area contributed by atoms with Crippen LogP contribution in [-0.4, -0.2) is 22.7 Å². The summed E-state index contributed by atoms with van der Waals surface area (Å²) in [5.74, 6) is 0.0785. The highest BCUT2D eigenvalue weighted by Crippen LogP contribution is 2.37. The number of anilines is 2. The van der Waals surface area contributed by atoms with Crippen molar-refractivity contribution in [3.05, 3.63) is 93.9 Å². The quantitative estimate of drug-likeness (QED) is 0.339. The molecule has 0 radical (unpaired) electrons. The molecule has 0 aliphatic carbocycles. The summed E-state index contributed by atoms with van der Waals surface area (Å²) in [7, 11) is 0. The topological polar surface area (TPSA) is 58.6 Å². The maximum Gasteiger partial charge on any atom is 0.270 e. The van der Waals surface area contributed by atoms with Crippen LogP contribution >= 0.6 is 24.0 Å². The lowest BCUT2D eigenvalue weighted by Gasteiger charge is -2.14. The Labute approximate surface area is 208 Å². The molecule has 2 amide bonds. The number of carbonyl (C=O) groups is 2. The van der Waals surface area contributed by atoms with Gasteiger partial charge in [0.15, 0.2) is 10.9 Å². The van der Waals surface area contributed by atoms with Gasteiger partial charge < -0.3 is 10.1 Å². The molecule has 0 unspecified atom stereocenters. The summed E-state index contributed by atoms with van der Waals surface area (Å²) in [5.41, 5.74) is 5.36. The Balaban J connectivity index is 1.48. The van der Waals surface area contributed by atoms with Crippen LogP contribution in [-0.2, 0) is 9.59 Å². The van der Waals surface area contributed by atoms with Gasteiger partial charge in [0.25, 0.3) is 11.8 Å². The molecular formula is C27H24N2O3S2. The number of aryl methyl sites for hydroxylation is 3. The zero-order chi connectivity index (χ0) is 24.2. The normalized spacial score (nSPS) is 14.6. The predicted molar refractivity (Wildman–Crippen MR) is 143 cm³/mol. The number of nitrogens with one attached hydrogen (secondary N) is 1. The van der Waals surface area contributed by atoms with E-state index in [1.54, 1.807) is 12.1 Å². The highest BCUT2D eigenvalue weighted by molar-refractivity contribution is 8.27. The molecule has 1 aliphatic rings. The van der Waals surface area contributed by atoms with Gasteiger partial charge in [0.05, 0.1) is 10.6 Å². The third kappa shape index (κ3) is 5.38. The molecule has 0 aromatic heterocycles. The number of thiocarbonyl (C=S) groups is 1. The summed E-state index contributed by atoms with van der Waals surface area (Å²) in [6.45, 7) is 5.76. The molecule has 0 saturated carbocycles. The molecule has 172 valence electrons. The Morgan fingerprint density at radius 2 is 1.74 bits per heavy atom. The Hall–Kier alpha value is -3.42. The molecule has 1 N–H and O–H groups in total. The van der Waals surface area contributed by atoms with E-state index in [0.717, 1.165) is 28.1 Å². The lowest BCUT2D eigenvalue weighted by molar-refractivity contribution is -0.118. The van der Waals surface area contributed by atoms with Crippen molar-refractivity contribution in [1.82, 2.24) is 0 Å². The zero-order valence-electron chi connectivity index (χ0n) is 19.1. The average Bonchev–Trinajstić information content (AvgIpc) is 3.09. The fourth-order valence-electron chi connectivity index (χ4n) is 3.46. The fraction of sp³-hybridized carbons (Fsp3) is 0.148. The van der Waals surface area contributed by atoms with Gasteiger partial charge in [-0.05, 0) is 62.2 Å². The molecule has 1 aliphatic heterocycles. The number of ether oxygens (including phenoxy) is 1. The molecular weight excluding hydrogens is 464 g/mol. The lowest BCUT2D eigenvalue weighted by Crippen LogP contribution is -2.27. The van der Waals surface area contributed by atoms with Gasteiger partial charge in [0, 0.05) is 11.3 Å². The van der Waals surface area contributed by atoms with Gasteiger partial charge in [-0.25, -0.2) is 0 Å². The number of rotatable bonds is 6. The van der Waals surface area contributed by atoms with E-state index in [0.29, 0.717) is 20.5 Å². The van der Waals surface area contributed by atoms with Crippen molar-refractivity contribution in [1.29, 1.82) is 0 Å². The molecule has 0 bridgehead atoms. The monoisotopic (exact) mass is 488 g/mol. The van der Waals surface area contributed by atoms with Crippen LogP contribution in [0.5, 0.6) is 5.75 Å². The first-order valence-electron chi connectivity index (χ1n) is 10.8. The molecule has 5 nitrogen and oxygen atoms in total. The molecule has 1 saturated heterocycles. The van der Waals surface area contributed by atoms with Crippen molar-refractivity contribution in [2.45, 2.75) is 20.8 Å². The number of hydrogen-bond donors (Lipinski definition) is 1. The minimum absolute atomic E-state index is 0.150. The maximum atomic E-state index is 13.1. The minimum atomic E-state index is -0.255. The highest BCUT2D eigenvalue weighted by atomic mass is 32.2. The molecule has 1 heterocycles. The molecule has 34 heavy (non-hydrogen) atoms. The van der Waals surface area contributed by atoms with Crippen molar-refractivity contribution >= 4 is 57.6 Å². The maximum absolute atomic E-state index is 13.1. The number of carbonyl (C=O) groups excluding carboxylic acids is 2. The predicted octanol–water partition coefficient (Wildman–Crippen LogP) is 6.04. The second-order valence-corrected chi connectivity index (χ2v) is 9.72. The molecule has 3 aromatic rings. The Morgan fingerprint density at radius 1 is 1.03 bits per heavy atom. The second-order valence-electron chi connectivity index (χ2n) is 8.05. The Kier molecular flexibility index (Phi) is 7.14. The largest absolute Gasteiger partial charge is 0.483 e. The molecule has 0 spiro atoms. The first-order valence-corrected chi connectivity index (χ1v) is 12.0. The van der Waals surface area contributed by atoms with Crippen molar-refractivity contribution in [2.75, 3.05) is 16.8 Å². The Morgan fingerprint density at radius 3 is 2.50 bits per heavy atom. The summed E-state index contributed by atoms with van der Waals surface area (Å²) in [5, 5.41) is 2.89. The van der Waals surface area contributed by atoms with Crippen LogP contribution in [0.1, 0.15) is 22.3 Å².